The summed E-state index contributed by atoms with van der Waals surface area (Å²) in [4.78, 5) is 14.7. The van der Waals surface area contributed by atoms with Crippen LogP contribution in [0.2, 0.25) is 0 Å². The van der Waals surface area contributed by atoms with E-state index in [9.17, 15) is 13.2 Å². The number of carbonyl (C=O) groups excluding carboxylic acids is 1. The first-order valence-corrected chi connectivity index (χ1v) is 10.6. The summed E-state index contributed by atoms with van der Waals surface area (Å²) in [5, 5.41) is 0. The number of nitrogens with zero attached hydrogens (tertiary/aromatic N) is 1. The molecule has 3 rings (SSSR count). The third kappa shape index (κ3) is 4.40. The van der Waals surface area contributed by atoms with Crippen molar-refractivity contribution in [2.24, 2.45) is 11.7 Å². The second-order valence-electron chi connectivity index (χ2n) is 7.10. The third-order valence-corrected chi connectivity index (χ3v) is 6.82. The molecule has 1 saturated heterocycles. The van der Waals surface area contributed by atoms with Gasteiger partial charge in [-0.2, -0.15) is 0 Å². The summed E-state index contributed by atoms with van der Waals surface area (Å²) in [6.07, 6.45) is 5.70. The summed E-state index contributed by atoms with van der Waals surface area (Å²) < 4.78 is 27.9. The van der Waals surface area contributed by atoms with Gasteiger partial charge in [0.2, 0.25) is 10.0 Å². The van der Waals surface area contributed by atoms with Crippen LogP contribution < -0.4 is 10.5 Å². The van der Waals surface area contributed by atoms with Crippen LogP contribution in [0.25, 0.3) is 0 Å². The van der Waals surface area contributed by atoms with Crippen molar-refractivity contribution < 1.29 is 13.2 Å². The Bertz CT molecular complexity index is 706. The van der Waals surface area contributed by atoms with E-state index in [4.69, 9.17) is 5.73 Å². The Hall–Kier alpha value is -1.44. The summed E-state index contributed by atoms with van der Waals surface area (Å²) in [5.74, 6) is 0.375. The molecule has 1 amide bonds. The van der Waals surface area contributed by atoms with Crippen LogP contribution in [0, 0.1) is 5.92 Å². The van der Waals surface area contributed by atoms with E-state index in [1.807, 2.05) is 0 Å². The number of hydrogen-bond acceptors (Lipinski definition) is 4. The van der Waals surface area contributed by atoms with Crippen molar-refractivity contribution in [2.75, 3.05) is 19.6 Å². The molecular weight excluding hydrogens is 338 g/mol. The van der Waals surface area contributed by atoms with Crippen LogP contribution in [0.1, 0.15) is 48.9 Å². The number of nitrogens with two attached hydrogens (primary N) is 1. The molecule has 0 atom stereocenters. The minimum atomic E-state index is -3.58. The molecule has 0 spiro atoms. The van der Waals surface area contributed by atoms with Gasteiger partial charge in [0, 0.05) is 24.7 Å². The fourth-order valence-corrected chi connectivity index (χ4v) is 5.03. The summed E-state index contributed by atoms with van der Waals surface area (Å²) in [5.41, 5.74) is 6.12. The van der Waals surface area contributed by atoms with Crippen LogP contribution in [0.4, 0.5) is 0 Å². The normalized spacial score (nSPS) is 20.1. The molecular formula is C18H27N3O3S. The van der Waals surface area contributed by atoms with Crippen LogP contribution >= 0.6 is 0 Å². The Morgan fingerprint density at radius 3 is 2.48 bits per heavy atom. The lowest BCUT2D eigenvalue weighted by Gasteiger charge is -2.31. The molecule has 1 saturated carbocycles. The van der Waals surface area contributed by atoms with Crippen molar-refractivity contribution >= 4 is 15.9 Å². The molecule has 25 heavy (non-hydrogen) atoms. The zero-order valence-electron chi connectivity index (χ0n) is 14.5. The monoisotopic (exact) mass is 365 g/mol. The fourth-order valence-electron chi connectivity index (χ4n) is 3.68. The van der Waals surface area contributed by atoms with Crippen LogP contribution in [0.15, 0.2) is 29.2 Å². The lowest BCUT2D eigenvalue weighted by atomic mass is 9.96. The lowest BCUT2D eigenvalue weighted by Crippen LogP contribution is -2.40. The molecule has 1 heterocycles. The van der Waals surface area contributed by atoms with Gasteiger partial charge in [0.1, 0.15) is 0 Å². The number of hydrogen-bond donors (Lipinski definition) is 2. The molecule has 0 unspecified atom stereocenters. The Balaban J connectivity index is 1.71. The molecule has 2 fully saturated rings. The molecule has 1 aliphatic carbocycles. The Kier molecular flexibility index (Phi) is 5.76. The zero-order valence-corrected chi connectivity index (χ0v) is 15.3. The number of amides is 1. The molecule has 0 radical (unpaired) electrons. The van der Waals surface area contributed by atoms with E-state index in [0.717, 1.165) is 38.5 Å². The van der Waals surface area contributed by atoms with Gasteiger partial charge in [-0.1, -0.05) is 18.9 Å². The van der Waals surface area contributed by atoms with E-state index < -0.39 is 10.0 Å². The van der Waals surface area contributed by atoms with Gasteiger partial charge in [-0.05, 0) is 56.3 Å². The maximum atomic E-state index is 12.7. The highest BCUT2D eigenvalue weighted by atomic mass is 32.2. The van der Waals surface area contributed by atoms with Crippen LogP contribution in [0.5, 0.6) is 0 Å². The van der Waals surface area contributed by atoms with Gasteiger partial charge in [0.25, 0.3) is 5.91 Å². The average molecular weight is 365 g/mol. The average Bonchev–Trinajstić information content (AvgIpc) is 3.13. The van der Waals surface area contributed by atoms with E-state index in [-0.39, 0.29) is 16.8 Å². The molecule has 0 aromatic heterocycles. The quantitative estimate of drug-likeness (QED) is 0.831. The topological polar surface area (TPSA) is 92.5 Å². The predicted molar refractivity (Wildman–Crippen MR) is 96.7 cm³/mol. The van der Waals surface area contributed by atoms with Gasteiger partial charge in [0.05, 0.1) is 4.90 Å². The Morgan fingerprint density at radius 1 is 1.16 bits per heavy atom. The van der Waals surface area contributed by atoms with E-state index >= 15 is 0 Å². The molecule has 0 bridgehead atoms. The predicted octanol–water partition coefficient (Wildman–Crippen LogP) is 1.72. The zero-order chi connectivity index (χ0) is 17.9. The van der Waals surface area contributed by atoms with Gasteiger partial charge in [-0.3, -0.25) is 4.79 Å². The first kappa shape index (κ1) is 18.4. The first-order valence-electron chi connectivity index (χ1n) is 9.11. The SMILES string of the molecule is NCC1CCN(C(=O)c2cccc(S(=O)(=O)NC3CCCC3)c2)CC1. The fraction of sp³-hybridized carbons (Fsp3) is 0.611. The van der Waals surface area contributed by atoms with Crippen molar-refractivity contribution in [1.82, 2.24) is 9.62 Å². The molecule has 7 heteroatoms. The molecule has 138 valence electrons. The van der Waals surface area contributed by atoms with Gasteiger partial charge in [-0.25, -0.2) is 13.1 Å². The second kappa shape index (κ2) is 7.85. The van der Waals surface area contributed by atoms with Gasteiger partial charge in [0.15, 0.2) is 0 Å². The smallest absolute Gasteiger partial charge is 0.253 e. The van der Waals surface area contributed by atoms with E-state index in [0.29, 0.717) is 31.1 Å². The van der Waals surface area contributed by atoms with Crippen molar-refractivity contribution in [2.45, 2.75) is 49.5 Å². The van der Waals surface area contributed by atoms with E-state index in [2.05, 4.69) is 4.72 Å². The summed E-state index contributed by atoms with van der Waals surface area (Å²) in [6.45, 7) is 2.01. The minimum Gasteiger partial charge on any atom is -0.339 e. The van der Waals surface area contributed by atoms with Gasteiger partial charge >= 0.3 is 0 Å². The lowest BCUT2D eigenvalue weighted by molar-refractivity contribution is 0.0693. The molecule has 1 aliphatic heterocycles. The number of benzene rings is 1. The Morgan fingerprint density at radius 2 is 1.84 bits per heavy atom. The minimum absolute atomic E-state index is 0.0136. The molecule has 6 nitrogen and oxygen atoms in total. The summed E-state index contributed by atoms with van der Waals surface area (Å²) in [6, 6.07) is 6.39. The highest BCUT2D eigenvalue weighted by molar-refractivity contribution is 7.89. The maximum Gasteiger partial charge on any atom is 0.253 e. The molecule has 3 N–H and O–H groups in total. The van der Waals surface area contributed by atoms with Crippen molar-refractivity contribution in [3.05, 3.63) is 29.8 Å². The van der Waals surface area contributed by atoms with Crippen molar-refractivity contribution in [3.8, 4) is 0 Å². The Labute approximate surface area is 149 Å². The third-order valence-electron chi connectivity index (χ3n) is 5.30. The summed E-state index contributed by atoms with van der Waals surface area (Å²) in [7, 11) is -3.58. The molecule has 2 aliphatic rings. The highest BCUT2D eigenvalue weighted by Crippen LogP contribution is 2.22. The summed E-state index contributed by atoms with van der Waals surface area (Å²) >= 11 is 0. The largest absolute Gasteiger partial charge is 0.339 e. The second-order valence-corrected chi connectivity index (χ2v) is 8.82. The molecule has 1 aromatic carbocycles. The standard InChI is InChI=1S/C18H27N3O3S/c19-13-14-8-10-21(11-9-14)18(22)15-4-3-7-17(12-15)25(23,24)20-16-5-1-2-6-16/h3-4,7,12,14,16,20H,1-2,5-6,8-11,13,19H2. The van der Waals surface area contributed by atoms with Crippen molar-refractivity contribution in [1.29, 1.82) is 0 Å². The number of likely N-dealkylation sites (tertiary alicyclic amines) is 1. The number of rotatable bonds is 5. The first-order chi connectivity index (χ1) is 12.0. The van der Waals surface area contributed by atoms with E-state index in [1.54, 1.807) is 23.1 Å². The molecule has 1 aromatic rings. The van der Waals surface area contributed by atoms with Crippen LogP contribution in [0.3, 0.4) is 0 Å². The van der Waals surface area contributed by atoms with Gasteiger partial charge < -0.3 is 10.6 Å². The number of piperidine rings is 1. The van der Waals surface area contributed by atoms with Crippen LogP contribution in [-0.2, 0) is 10.0 Å². The van der Waals surface area contributed by atoms with Gasteiger partial charge in [-0.15, -0.1) is 0 Å². The number of nitrogens with one attached hydrogen (secondary N) is 1. The number of sulfonamides is 1. The van der Waals surface area contributed by atoms with E-state index in [1.165, 1.54) is 6.07 Å². The van der Waals surface area contributed by atoms with Crippen LogP contribution in [-0.4, -0.2) is 44.9 Å². The maximum absolute atomic E-state index is 12.7. The number of carbonyl (C=O) groups is 1. The van der Waals surface area contributed by atoms with Crippen molar-refractivity contribution in [3.63, 3.8) is 0 Å². The highest BCUT2D eigenvalue weighted by Gasteiger charge is 2.26.